The first-order valence-corrected chi connectivity index (χ1v) is 8.73. The Labute approximate surface area is 162 Å². The maximum absolute atomic E-state index is 13.4. The molecule has 1 N–H and O–H groups in total. The Morgan fingerprint density at radius 2 is 1.75 bits per heavy atom. The summed E-state index contributed by atoms with van der Waals surface area (Å²) in [5, 5.41) is 3.06. The lowest BCUT2D eigenvalue weighted by Gasteiger charge is -2.15. The van der Waals surface area contributed by atoms with Crippen LogP contribution >= 0.6 is 0 Å². The lowest BCUT2D eigenvalue weighted by Crippen LogP contribution is -2.35. The van der Waals surface area contributed by atoms with Crippen LogP contribution in [0.25, 0.3) is 5.57 Å². The Balaban J connectivity index is 2.08. The summed E-state index contributed by atoms with van der Waals surface area (Å²) in [6.07, 6.45) is 0. The van der Waals surface area contributed by atoms with Crippen LogP contribution in [0.4, 0.5) is 10.1 Å². The molecule has 6 nitrogen and oxygen atoms in total. The van der Waals surface area contributed by atoms with E-state index in [0.717, 1.165) is 10.5 Å². The molecule has 7 heteroatoms. The van der Waals surface area contributed by atoms with Gasteiger partial charge >= 0.3 is 0 Å². The third-order valence-corrected chi connectivity index (χ3v) is 4.43. The van der Waals surface area contributed by atoms with Crippen molar-refractivity contribution in [3.63, 3.8) is 0 Å². The number of aryl methyl sites for hydroxylation is 1. The molecule has 0 saturated carbocycles. The average Bonchev–Trinajstić information content (AvgIpc) is 2.91. The molecule has 1 aliphatic rings. The molecule has 0 atom stereocenters. The second kappa shape index (κ2) is 8.22. The normalized spacial score (nSPS) is 14.1. The molecule has 2 aromatic carbocycles. The van der Waals surface area contributed by atoms with Gasteiger partial charge in [-0.2, -0.15) is 0 Å². The largest absolute Gasteiger partial charge is 0.495 e. The number of rotatable bonds is 7. The van der Waals surface area contributed by atoms with Crippen molar-refractivity contribution in [1.82, 2.24) is 4.90 Å². The fourth-order valence-corrected chi connectivity index (χ4v) is 3.02. The zero-order chi connectivity index (χ0) is 20.3. The van der Waals surface area contributed by atoms with Crippen molar-refractivity contribution in [1.29, 1.82) is 0 Å². The first kappa shape index (κ1) is 19.6. The van der Waals surface area contributed by atoms with Crippen LogP contribution in [0.5, 0.6) is 5.75 Å². The van der Waals surface area contributed by atoms with Crippen molar-refractivity contribution in [2.24, 2.45) is 0 Å². The number of halogens is 1. The Morgan fingerprint density at radius 1 is 1.04 bits per heavy atom. The highest BCUT2D eigenvalue weighted by molar-refractivity contribution is 6.36. The maximum atomic E-state index is 13.4. The van der Waals surface area contributed by atoms with Gasteiger partial charge in [-0.05, 0) is 42.3 Å². The number of hydrogen-bond donors (Lipinski definition) is 1. The summed E-state index contributed by atoms with van der Waals surface area (Å²) >= 11 is 0. The van der Waals surface area contributed by atoms with Gasteiger partial charge in [-0.1, -0.05) is 18.2 Å². The van der Waals surface area contributed by atoms with E-state index in [-0.39, 0.29) is 24.4 Å². The Morgan fingerprint density at radius 3 is 2.39 bits per heavy atom. The van der Waals surface area contributed by atoms with Crippen LogP contribution in [0.15, 0.2) is 48.2 Å². The third kappa shape index (κ3) is 3.75. The molecule has 0 spiro atoms. The monoisotopic (exact) mass is 384 g/mol. The van der Waals surface area contributed by atoms with Crippen molar-refractivity contribution >= 4 is 23.1 Å². The smallest absolute Gasteiger partial charge is 0.278 e. The number of ether oxygens (including phenoxy) is 2. The number of anilines is 1. The van der Waals surface area contributed by atoms with E-state index in [9.17, 15) is 14.0 Å². The molecule has 146 valence electrons. The van der Waals surface area contributed by atoms with Crippen molar-refractivity contribution in [2.45, 2.75) is 6.92 Å². The van der Waals surface area contributed by atoms with Gasteiger partial charge in [-0.25, -0.2) is 4.39 Å². The van der Waals surface area contributed by atoms with E-state index < -0.39 is 17.6 Å². The molecular weight excluding hydrogens is 363 g/mol. The number of methoxy groups -OCH3 is 2. The number of imide groups is 1. The van der Waals surface area contributed by atoms with Gasteiger partial charge in [0.15, 0.2) is 0 Å². The van der Waals surface area contributed by atoms with Crippen LogP contribution in [-0.4, -0.2) is 44.1 Å². The molecule has 2 aromatic rings. The van der Waals surface area contributed by atoms with Crippen molar-refractivity contribution < 1.29 is 23.5 Å². The van der Waals surface area contributed by atoms with Gasteiger partial charge in [0.2, 0.25) is 0 Å². The number of amides is 2. The lowest BCUT2D eigenvalue weighted by atomic mass is 10.0. The fraction of sp³-hybridized carbons (Fsp3) is 0.238. The minimum Gasteiger partial charge on any atom is -0.495 e. The zero-order valence-electron chi connectivity index (χ0n) is 15.9. The quantitative estimate of drug-likeness (QED) is 0.744. The van der Waals surface area contributed by atoms with E-state index in [1.807, 2.05) is 19.1 Å². The van der Waals surface area contributed by atoms with Crippen LogP contribution in [0.1, 0.15) is 11.1 Å². The maximum Gasteiger partial charge on any atom is 0.278 e. The predicted molar refractivity (Wildman–Crippen MR) is 103 cm³/mol. The molecule has 3 rings (SSSR count). The lowest BCUT2D eigenvalue weighted by molar-refractivity contribution is -0.137. The second-order valence-electron chi connectivity index (χ2n) is 6.34. The topological polar surface area (TPSA) is 67.9 Å². The standard InChI is InChI=1S/C21H21FN2O4/c1-13-4-9-17(28-3)16(12-13)23-19-18(14-5-7-15(22)8-6-14)20(25)24(21(19)26)10-11-27-2/h4-9,12,23H,10-11H2,1-3H3. The summed E-state index contributed by atoms with van der Waals surface area (Å²) in [6, 6.07) is 10.9. The number of carbonyl (C=O) groups is 2. The van der Waals surface area contributed by atoms with E-state index in [2.05, 4.69) is 5.32 Å². The molecule has 0 unspecified atom stereocenters. The second-order valence-corrected chi connectivity index (χ2v) is 6.34. The summed E-state index contributed by atoms with van der Waals surface area (Å²) in [5.41, 5.74) is 2.28. The highest BCUT2D eigenvalue weighted by atomic mass is 19.1. The van der Waals surface area contributed by atoms with Gasteiger partial charge in [0.05, 0.1) is 31.5 Å². The SMILES string of the molecule is COCCN1C(=O)C(Nc2cc(C)ccc2OC)=C(c2ccc(F)cc2)C1=O. The van der Waals surface area contributed by atoms with E-state index >= 15 is 0 Å². The highest BCUT2D eigenvalue weighted by Crippen LogP contribution is 2.33. The van der Waals surface area contributed by atoms with Crippen LogP contribution in [0.3, 0.4) is 0 Å². The van der Waals surface area contributed by atoms with Crippen LogP contribution in [0.2, 0.25) is 0 Å². The molecule has 28 heavy (non-hydrogen) atoms. The van der Waals surface area contributed by atoms with Crippen molar-refractivity contribution in [2.75, 3.05) is 32.7 Å². The van der Waals surface area contributed by atoms with Gasteiger partial charge in [-0.15, -0.1) is 0 Å². The number of hydrogen-bond acceptors (Lipinski definition) is 5. The zero-order valence-corrected chi connectivity index (χ0v) is 15.9. The fourth-order valence-electron chi connectivity index (χ4n) is 3.02. The molecule has 0 fully saturated rings. The molecule has 0 aliphatic carbocycles. The molecule has 0 radical (unpaired) electrons. The minimum atomic E-state index is -0.468. The average molecular weight is 384 g/mol. The summed E-state index contributed by atoms with van der Waals surface area (Å²) < 4.78 is 23.7. The van der Waals surface area contributed by atoms with Gasteiger partial charge in [0.25, 0.3) is 11.8 Å². The van der Waals surface area contributed by atoms with Crippen molar-refractivity contribution in [3.8, 4) is 5.75 Å². The van der Waals surface area contributed by atoms with Gasteiger partial charge in [0.1, 0.15) is 17.3 Å². The summed E-state index contributed by atoms with van der Waals surface area (Å²) in [4.78, 5) is 27.0. The number of nitrogens with one attached hydrogen (secondary N) is 1. The first-order valence-electron chi connectivity index (χ1n) is 8.73. The number of nitrogens with zero attached hydrogens (tertiary/aromatic N) is 1. The molecular formula is C21H21FN2O4. The highest BCUT2D eigenvalue weighted by Gasteiger charge is 2.39. The molecule has 1 aliphatic heterocycles. The summed E-state index contributed by atoms with van der Waals surface area (Å²) in [7, 11) is 3.02. The third-order valence-electron chi connectivity index (χ3n) is 4.43. The molecule has 0 aromatic heterocycles. The Kier molecular flexibility index (Phi) is 5.75. The van der Waals surface area contributed by atoms with Crippen LogP contribution in [0, 0.1) is 12.7 Å². The predicted octanol–water partition coefficient (Wildman–Crippen LogP) is 2.98. The Hall–Kier alpha value is -3.19. The minimum absolute atomic E-state index is 0.120. The number of carbonyl (C=O) groups excluding carboxylic acids is 2. The Bertz CT molecular complexity index is 938. The van der Waals surface area contributed by atoms with Crippen LogP contribution in [-0.2, 0) is 14.3 Å². The van der Waals surface area contributed by atoms with Gasteiger partial charge < -0.3 is 14.8 Å². The van der Waals surface area contributed by atoms with E-state index in [1.165, 1.54) is 38.5 Å². The molecule has 2 amide bonds. The first-order chi connectivity index (χ1) is 13.5. The van der Waals surface area contributed by atoms with Crippen molar-refractivity contribution in [3.05, 3.63) is 65.1 Å². The van der Waals surface area contributed by atoms with E-state index in [1.54, 1.807) is 6.07 Å². The van der Waals surface area contributed by atoms with E-state index in [4.69, 9.17) is 9.47 Å². The summed E-state index contributed by atoms with van der Waals surface area (Å²) in [6.45, 7) is 2.25. The van der Waals surface area contributed by atoms with Crippen LogP contribution < -0.4 is 10.1 Å². The molecule has 0 bridgehead atoms. The molecule has 0 saturated heterocycles. The van der Waals surface area contributed by atoms with Gasteiger partial charge in [0, 0.05) is 7.11 Å². The van der Waals surface area contributed by atoms with Gasteiger partial charge in [-0.3, -0.25) is 14.5 Å². The molecule has 1 heterocycles. The van der Waals surface area contributed by atoms with E-state index in [0.29, 0.717) is 17.0 Å². The summed E-state index contributed by atoms with van der Waals surface area (Å²) in [5.74, 6) is -0.813. The number of benzene rings is 2.